The van der Waals surface area contributed by atoms with Crippen LogP contribution in [-0.4, -0.2) is 22.6 Å². The van der Waals surface area contributed by atoms with E-state index in [1.54, 1.807) is 24.3 Å². The molecular weight excluding hydrogens is 244 g/mol. The Kier molecular flexibility index (Phi) is 3.42. The van der Waals surface area contributed by atoms with Gasteiger partial charge in [-0.2, -0.15) is 0 Å². The Morgan fingerprint density at radius 1 is 1.00 bits per heavy atom. The molecule has 2 aromatic carbocycles. The Labute approximate surface area is 109 Å². The van der Waals surface area contributed by atoms with E-state index in [9.17, 15) is 14.4 Å². The van der Waals surface area contributed by atoms with E-state index in [1.807, 2.05) is 18.2 Å². The van der Waals surface area contributed by atoms with E-state index < -0.39 is 23.5 Å². The highest BCUT2D eigenvalue weighted by molar-refractivity contribution is 6.24. The summed E-state index contributed by atoms with van der Waals surface area (Å²) in [4.78, 5) is 34.6. The average Bonchev–Trinajstić information content (AvgIpc) is 2.37. The number of aliphatic carboxylic acids is 1. The van der Waals surface area contributed by atoms with Gasteiger partial charge in [-0.25, -0.2) is 0 Å². The van der Waals surface area contributed by atoms with Gasteiger partial charge in [0.05, 0.1) is 0 Å². The molecule has 0 amide bonds. The molecule has 0 saturated carbocycles. The van der Waals surface area contributed by atoms with E-state index in [2.05, 4.69) is 0 Å². The third-order valence-corrected chi connectivity index (χ3v) is 2.97. The zero-order valence-electron chi connectivity index (χ0n) is 10.3. The molecule has 2 aromatic rings. The molecular formula is C15H12O4. The van der Waals surface area contributed by atoms with Crippen LogP contribution < -0.4 is 0 Å². The van der Waals surface area contributed by atoms with Gasteiger partial charge < -0.3 is 5.11 Å². The topological polar surface area (TPSA) is 71.4 Å². The molecule has 1 N–H and O–H groups in total. The van der Waals surface area contributed by atoms with E-state index >= 15 is 0 Å². The summed E-state index contributed by atoms with van der Waals surface area (Å²) in [6, 6.07) is 12.2. The quantitative estimate of drug-likeness (QED) is 0.673. The molecule has 96 valence electrons. The molecule has 0 fully saturated rings. The summed E-state index contributed by atoms with van der Waals surface area (Å²) in [5, 5.41) is 10.5. The molecule has 0 bridgehead atoms. The molecule has 0 aliphatic heterocycles. The molecule has 0 aliphatic rings. The van der Waals surface area contributed by atoms with E-state index in [1.165, 1.54) is 0 Å². The summed E-state index contributed by atoms with van der Waals surface area (Å²) < 4.78 is 0. The van der Waals surface area contributed by atoms with Gasteiger partial charge in [-0.15, -0.1) is 0 Å². The Hall–Kier alpha value is -2.49. The van der Waals surface area contributed by atoms with Crippen molar-refractivity contribution in [2.45, 2.75) is 6.92 Å². The highest BCUT2D eigenvalue weighted by atomic mass is 16.4. The second-order valence-corrected chi connectivity index (χ2v) is 4.27. The number of fused-ring (bicyclic) bond motifs is 1. The number of carbonyl (C=O) groups is 3. The molecule has 1 atom stereocenters. The second-order valence-electron chi connectivity index (χ2n) is 4.27. The fourth-order valence-corrected chi connectivity index (χ4v) is 2.07. The number of carbonyl (C=O) groups excluding carboxylic acids is 2. The van der Waals surface area contributed by atoms with E-state index in [4.69, 9.17) is 5.11 Å². The van der Waals surface area contributed by atoms with Crippen molar-refractivity contribution in [2.75, 3.05) is 0 Å². The zero-order chi connectivity index (χ0) is 14.0. The van der Waals surface area contributed by atoms with Crippen LogP contribution in [0.15, 0.2) is 42.5 Å². The first-order chi connectivity index (χ1) is 9.02. The minimum absolute atomic E-state index is 0.265. The molecule has 0 heterocycles. The van der Waals surface area contributed by atoms with Crippen molar-refractivity contribution < 1.29 is 19.5 Å². The lowest BCUT2D eigenvalue weighted by Crippen LogP contribution is -2.30. The Morgan fingerprint density at radius 3 is 2.26 bits per heavy atom. The molecule has 0 aromatic heterocycles. The fourth-order valence-electron chi connectivity index (χ4n) is 2.07. The largest absolute Gasteiger partial charge is 0.480 e. The van der Waals surface area contributed by atoms with E-state index in [0.29, 0.717) is 5.39 Å². The van der Waals surface area contributed by atoms with Crippen LogP contribution in [0.25, 0.3) is 10.8 Å². The van der Waals surface area contributed by atoms with Crippen molar-refractivity contribution >= 4 is 28.3 Å². The van der Waals surface area contributed by atoms with Gasteiger partial charge in [0.25, 0.3) is 0 Å². The maximum atomic E-state index is 12.2. The van der Waals surface area contributed by atoms with Crippen molar-refractivity contribution in [1.29, 1.82) is 0 Å². The molecule has 4 heteroatoms. The van der Waals surface area contributed by atoms with Gasteiger partial charge in [-0.1, -0.05) is 42.5 Å². The van der Waals surface area contributed by atoms with Gasteiger partial charge in [0, 0.05) is 5.56 Å². The Morgan fingerprint density at radius 2 is 1.63 bits per heavy atom. The SMILES string of the molecule is CC(=O)C(C(=O)O)C(=O)c1cccc2ccccc12. The van der Waals surface area contributed by atoms with Crippen molar-refractivity contribution in [3.63, 3.8) is 0 Å². The number of ketones is 2. The lowest BCUT2D eigenvalue weighted by atomic mass is 9.91. The van der Waals surface area contributed by atoms with Crippen LogP contribution in [0.1, 0.15) is 17.3 Å². The van der Waals surface area contributed by atoms with Gasteiger partial charge in [0.1, 0.15) is 0 Å². The summed E-state index contributed by atoms with van der Waals surface area (Å²) in [6.07, 6.45) is 0. The van der Waals surface area contributed by atoms with Crippen LogP contribution in [0.5, 0.6) is 0 Å². The van der Waals surface area contributed by atoms with Crippen LogP contribution in [0.2, 0.25) is 0 Å². The number of hydrogen-bond donors (Lipinski definition) is 1. The maximum Gasteiger partial charge on any atom is 0.322 e. The lowest BCUT2D eigenvalue weighted by Gasteiger charge is -2.10. The van der Waals surface area contributed by atoms with Crippen LogP contribution in [0.3, 0.4) is 0 Å². The van der Waals surface area contributed by atoms with E-state index in [0.717, 1.165) is 12.3 Å². The summed E-state index contributed by atoms with van der Waals surface area (Å²) in [5.74, 6) is -4.38. The second kappa shape index (κ2) is 5.02. The predicted molar refractivity (Wildman–Crippen MR) is 70.1 cm³/mol. The van der Waals surface area contributed by atoms with Gasteiger partial charge in [-0.05, 0) is 17.7 Å². The average molecular weight is 256 g/mol. The Bertz CT molecular complexity index is 653. The van der Waals surface area contributed by atoms with Gasteiger partial charge in [0.15, 0.2) is 17.5 Å². The summed E-state index contributed by atoms with van der Waals surface area (Å²) >= 11 is 0. The van der Waals surface area contributed by atoms with Crippen LogP contribution in [-0.2, 0) is 9.59 Å². The highest BCUT2D eigenvalue weighted by Gasteiger charge is 2.32. The number of carboxylic acid groups (broad SMARTS) is 1. The number of carboxylic acids is 1. The molecule has 4 nitrogen and oxygen atoms in total. The number of rotatable bonds is 4. The summed E-state index contributed by atoms with van der Waals surface area (Å²) in [5.41, 5.74) is 0.265. The number of benzene rings is 2. The van der Waals surface area contributed by atoms with Crippen molar-refractivity contribution in [1.82, 2.24) is 0 Å². The van der Waals surface area contributed by atoms with Gasteiger partial charge in [-0.3, -0.25) is 14.4 Å². The highest BCUT2D eigenvalue weighted by Crippen LogP contribution is 2.21. The van der Waals surface area contributed by atoms with E-state index in [-0.39, 0.29) is 5.56 Å². The van der Waals surface area contributed by atoms with Crippen LogP contribution in [0, 0.1) is 5.92 Å². The van der Waals surface area contributed by atoms with Crippen molar-refractivity contribution in [3.8, 4) is 0 Å². The minimum atomic E-state index is -1.63. The lowest BCUT2D eigenvalue weighted by molar-refractivity contribution is -0.143. The molecule has 0 spiro atoms. The van der Waals surface area contributed by atoms with Crippen LogP contribution >= 0.6 is 0 Å². The molecule has 0 radical (unpaired) electrons. The molecule has 19 heavy (non-hydrogen) atoms. The fraction of sp³-hybridized carbons (Fsp3) is 0.133. The monoisotopic (exact) mass is 256 g/mol. The zero-order valence-corrected chi connectivity index (χ0v) is 10.3. The molecule has 0 saturated heterocycles. The minimum Gasteiger partial charge on any atom is -0.480 e. The van der Waals surface area contributed by atoms with Crippen molar-refractivity contribution in [2.24, 2.45) is 5.92 Å². The summed E-state index contributed by atoms with van der Waals surface area (Å²) in [7, 11) is 0. The third-order valence-electron chi connectivity index (χ3n) is 2.97. The molecule has 0 aliphatic carbocycles. The first-order valence-corrected chi connectivity index (χ1v) is 5.77. The molecule has 2 rings (SSSR count). The predicted octanol–water partition coefficient (Wildman–Crippen LogP) is 2.31. The third kappa shape index (κ3) is 2.38. The summed E-state index contributed by atoms with van der Waals surface area (Å²) in [6.45, 7) is 1.11. The van der Waals surface area contributed by atoms with Crippen molar-refractivity contribution in [3.05, 3.63) is 48.0 Å². The standard InChI is InChI=1S/C15H12O4/c1-9(16)13(15(18)19)14(17)12-8-4-6-10-5-2-3-7-11(10)12/h2-8,13H,1H3,(H,18,19). The first-order valence-electron chi connectivity index (χ1n) is 5.77. The normalized spacial score (nSPS) is 12.1. The smallest absolute Gasteiger partial charge is 0.322 e. The van der Waals surface area contributed by atoms with Crippen LogP contribution in [0.4, 0.5) is 0 Å². The Balaban J connectivity index is 2.58. The molecule has 1 unspecified atom stereocenters. The maximum absolute atomic E-state index is 12.2. The number of hydrogen-bond acceptors (Lipinski definition) is 3. The first kappa shape index (κ1) is 13.0. The van der Waals surface area contributed by atoms with Gasteiger partial charge >= 0.3 is 5.97 Å². The van der Waals surface area contributed by atoms with Gasteiger partial charge in [0.2, 0.25) is 0 Å². The number of Topliss-reactive ketones (excluding diaryl/α,β-unsaturated/α-hetero) is 2.